The number of nitrogens with one attached hydrogen (secondary N) is 2. The summed E-state index contributed by atoms with van der Waals surface area (Å²) in [4.78, 5) is 11.7. The van der Waals surface area contributed by atoms with Crippen LogP contribution < -0.4 is 10.6 Å². The van der Waals surface area contributed by atoms with Crippen LogP contribution in [0.4, 0.5) is 0 Å². The molecule has 1 heterocycles. The van der Waals surface area contributed by atoms with Crippen LogP contribution >= 0.6 is 0 Å². The summed E-state index contributed by atoms with van der Waals surface area (Å²) >= 11 is 0. The Morgan fingerprint density at radius 3 is 2.22 bits per heavy atom. The summed E-state index contributed by atoms with van der Waals surface area (Å²) in [5.41, 5.74) is 0.450. The molecule has 3 nitrogen and oxygen atoms in total. The van der Waals surface area contributed by atoms with E-state index in [4.69, 9.17) is 0 Å². The molecule has 0 radical (unpaired) electrons. The van der Waals surface area contributed by atoms with Gasteiger partial charge in [0.1, 0.15) is 0 Å². The maximum absolute atomic E-state index is 11.7. The molecule has 0 spiro atoms. The third-order valence-electron chi connectivity index (χ3n) is 4.79. The van der Waals surface area contributed by atoms with Gasteiger partial charge in [-0.3, -0.25) is 4.79 Å². The van der Waals surface area contributed by atoms with Crippen LogP contribution in [0.25, 0.3) is 0 Å². The maximum Gasteiger partial charge on any atom is 0.225 e. The molecule has 3 heteroatoms. The Balaban J connectivity index is 1.65. The number of hydrogen-bond donors (Lipinski definition) is 2. The third-order valence-corrected chi connectivity index (χ3v) is 4.79. The van der Waals surface area contributed by atoms with Gasteiger partial charge in [0.2, 0.25) is 5.91 Å². The Bertz CT molecular complexity index is 283. The Labute approximate surface area is 111 Å². The first-order valence-corrected chi connectivity index (χ1v) is 7.45. The molecule has 1 saturated carbocycles. The Hall–Kier alpha value is -0.570. The molecule has 2 rings (SSSR count). The van der Waals surface area contributed by atoms with Crippen LogP contribution in [0.2, 0.25) is 0 Å². The minimum Gasteiger partial charge on any atom is -0.356 e. The summed E-state index contributed by atoms with van der Waals surface area (Å²) in [7, 11) is 0. The number of hydrogen-bond acceptors (Lipinski definition) is 2. The standard InChI is InChI=1S/C15H28N2O/c1-15(2,3)13-6-4-11(5-7-13)8-17-14(18)12-9-16-10-12/h11-13,16H,4-10H2,1-3H3,(H,17,18). The van der Waals surface area contributed by atoms with Crippen molar-refractivity contribution < 1.29 is 4.79 Å². The summed E-state index contributed by atoms with van der Waals surface area (Å²) in [6.07, 6.45) is 5.22. The van der Waals surface area contributed by atoms with Crippen molar-refractivity contribution in [1.82, 2.24) is 10.6 Å². The fourth-order valence-corrected chi connectivity index (χ4v) is 3.10. The molecular formula is C15H28N2O. The SMILES string of the molecule is CC(C)(C)C1CCC(CNC(=O)C2CNC2)CC1. The third kappa shape index (κ3) is 3.47. The lowest BCUT2D eigenvalue weighted by atomic mass is 9.70. The number of carbonyl (C=O) groups excluding carboxylic acids is 1. The first kappa shape index (κ1) is 13.9. The highest BCUT2D eigenvalue weighted by Crippen LogP contribution is 2.39. The van der Waals surface area contributed by atoms with Gasteiger partial charge in [-0.1, -0.05) is 20.8 Å². The monoisotopic (exact) mass is 252 g/mol. The van der Waals surface area contributed by atoms with Crippen molar-refractivity contribution in [2.75, 3.05) is 19.6 Å². The van der Waals surface area contributed by atoms with Crippen LogP contribution in [0.15, 0.2) is 0 Å². The van der Waals surface area contributed by atoms with Gasteiger partial charge in [-0.25, -0.2) is 0 Å². The van der Waals surface area contributed by atoms with Crippen LogP contribution in [0.1, 0.15) is 46.5 Å². The van der Waals surface area contributed by atoms with Gasteiger partial charge in [0.15, 0.2) is 0 Å². The molecule has 2 aliphatic rings. The summed E-state index contributed by atoms with van der Waals surface area (Å²) in [6.45, 7) is 9.67. The fourth-order valence-electron chi connectivity index (χ4n) is 3.10. The quantitative estimate of drug-likeness (QED) is 0.808. The van der Waals surface area contributed by atoms with E-state index >= 15 is 0 Å². The topological polar surface area (TPSA) is 41.1 Å². The van der Waals surface area contributed by atoms with Gasteiger partial charge in [-0.2, -0.15) is 0 Å². The van der Waals surface area contributed by atoms with Crippen molar-refractivity contribution in [3.05, 3.63) is 0 Å². The average Bonchev–Trinajstić information content (AvgIpc) is 2.23. The number of carbonyl (C=O) groups is 1. The van der Waals surface area contributed by atoms with Crippen molar-refractivity contribution in [2.24, 2.45) is 23.2 Å². The highest BCUT2D eigenvalue weighted by molar-refractivity contribution is 5.79. The molecule has 2 N–H and O–H groups in total. The van der Waals surface area contributed by atoms with Crippen molar-refractivity contribution in [2.45, 2.75) is 46.5 Å². The molecule has 1 aliphatic heterocycles. The van der Waals surface area contributed by atoms with Crippen LogP contribution in [-0.2, 0) is 4.79 Å². The molecule has 1 saturated heterocycles. The first-order chi connectivity index (χ1) is 8.47. The van der Waals surface area contributed by atoms with Crippen molar-refractivity contribution >= 4 is 5.91 Å². The largest absolute Gasteiger partial charge is 0.356 e. The molecule has 0 atom stereocenters. The lowest BCUT2D eigenvalue weighted by Gasteiger charge is -2.37. The van der Waals surface area contributed by atoms with Gasteiger partial charge < -0.3 is 10.6 Å². The van der Waals surface area contributed by atoms with E-state index < -0.39 is 0 Å². The van der Waals surface area contributed by atoms with E-state index in [0.717, 1.165) is 25.6 Å². The summed E-state index contributed by atoms with van der Waals surface area (Å²) in [5, 5.41) is 6.27. The summed E-state index contributed by atoms with van der Waals surface area (Å²) < 4.78 is 0. The average molecular weight is 252 g/mol. The smallest absolute Gasteiger partial charge is 0.225 e. The van der Waals surface area contributed by atoms with Crippen molar-refractivity contribution in [3.8, 4) is 0 Å². The van der Waals surface area contributed by atoms with E-state index in [9.17, 15) is 4.79 Å². The van der Waals surface area contributed by atoms with E-state index in [-0.39, 0.29) is 11.8 Å². The molecular weight excluding hydrogens is 224 g/mol. The lowest BCUT2D eigenvalue weighted by Crippen LogP contribution is -2.51. The second kappa shape index (κ2) is 5.60. The number of rotatable bonds is 3. The molecule has 0 bridgehead atoms. The Morgan fingerprint density at radius 1 is 1.17 bits per heavy atom. The van der Waals surface area contributed by atoms with Gasteiger partial charge >= 0.3 is 0 Å². The van der Waals surface area contributed by atoms with E-state index in [2.05, 4.69) is 31.4 Å². The highest BCUT2D eigenvalue weighted by Gasteiger charge is 2.30. The van der Waals surface area contributed by atoms with Gasteiger partial charge in [-0.05, 0) is 42.9 Å². The minimum absolute atomic E-state index is 0.232. The zero-order valence-corrected chi connectivity index (χ0v) is 12.1. The summed E-state index contributed by atoms with van der Waals surface area (Å²) in [6, 6.07) is 0. The Kier molecular flexibility index (Phi) is 4.31. The number of amides is 1. The van der Waals surface area contributed by atoms with Crippen LogP contribution in [0, 0.1) is 23.2 Å². The van der Waals surface area contributed by atoms with Gasteiger partial charge in [0, 0.05) is 19.6 Å². The van der Waals surface area contributed by atoms with Crippen LogP contribution in [0.5, 0.6) is 0 Å². The predicted octanol–water partition coefficient (Wildman–Crippen LogP) is 2.17. The molecule has 0 aromatic heterocycles. The van der Waals surface area contributed by atoms with Crippen molar-refractivity contribution in [1.29, 1.82) is 0 Å². The molecule has 1 aliphatic carbocycles. The zero-order chi connectivity index (χ0) is 13.2. The maximum atomic E-state index is 11.7. The fraction of sp³-hybridized carbons (Fsp3) is 0.933. The lowest BCUT2D eigenvalue weighted by molar-refractivity contribution is -0.126. The van der Waals surface area contributed by atoms with E-state index in [0.29, 0.717) is 11.3 Å². The van der Waals surface area contributed by atoms with Gasteiger partial charge in [0.05, 0.1) is 5.92 Å². The van der Waals surface area contributed by atoms with E-state index in [1.807, 2.05) is 0 Å². The molecule has 0 aromatic carbocycles. The molecule has 0 unspecified atom stereocenters. The second-order valence-corrected chi connectivity index (χ2v) is 7.18. The first-order valence-electron chi connectivity index (χ1n) is 7.45. The van der Waals surface area contributed by atoms with Crippen molar-refractivity contribution in [3.63, 3.8) is 0 Å². The minimum atomic E-state index is 0.232. The second-order valence-electron chi connectivity index (χ2n) is 7.18. The van der Waals surface area contributed by atoms with E-state index in [1.54, 1.807) is 0 Å². The zero-order valence-electron chi connectivity index (χ0n) is 12.1. The predicted molar refractivity (Wildman–Crippen MR) is 74.3 cm³/mol. The Morgan fingerprint density at radius 2 is 1.78 bits per heavy atom. The van der Waals surface area contributed by atoms with Crippen LogP contribution in [-0.4, -0.2) is 25.5 Å². The molecule has 104 valence electrons. The van der Waals surface area contributed by atoms with Gasteiger partial charge in [-0.15, -0.1) is 0 Å². The highest BCUT2D eigenvalue weighted by atomic mass is 16.2. The molecule has 18 heavy (non-hydrogen) atoms. The molecule has 0 aromatic rings. The van der Waals surface area contributed by atoms with E-state index in [1.165, 1.54) is 25.7 Å². The summed E-state index contributed by atoms with van der Waals surface area (Å²) in [5.74, 6) is 2.06. The molecule has 1 amide bonds. The van der Waals surface area contributed by atoms with Gasteiger partial charge in [0.25, 0.3) is 0 Å². The molecule has 2 fully saturated rings. The normalized spacial score (nSPS) is 29.7. The van der Waals surface area contributed by atoms with Crippen LogP contribution in [0.3, 0.4) is 0 Å².